The van der Waals surface area contributed by atoms with Gasteiger partial charge < -0.3 is 10.4 Å². The summed E-state index contributed by atoms with van der Waals surface area (Å²) in [5.41, 5.74) is -0.609. The first kappa shape index (κ1) is 14.1. The number of nitrogens with one attached hydrogen (secondary N) is 1. The van der Waals surface area contributed by atoms with E-state index in [9.17, 15) is 18.4 Å². The van der Waals surface area contributed by atoms with Crippen molar-refractivity contribution in [1.29, 1.82) is 0 Å². The van der Waals surface area contributed by atoms with Crippen LogP contribution in [0.2, 0.25) is 0 Å². The first-order valence-electron chi connectivity index (χ1n) is 5.38. The van der Waals surface area contributed by atoms with E-state index in [2.05, 4.69) is 5.32 Å². The van der Waals surface area contributed by atoms with Gasteiger partial charge in [-0.2, -0.15) is 0 Å². The molecule has 0 radical (unpaired) electrons. The molecule has 2 N–H and O–H groups in total. The van der Waals surface area contributed by atoms with Crippen LogP contribution in [-0.4, -0.2) is 23.0 Å². The van der Waals surface area contributed by atoms with Crippen molar-refractivity contribution >= 4 is 11.9 Å². The average Bonchev–Trinajstić information content (AvgIpc) is 2.35. The van der Waals surface area contributed by atoms with E-state index in [1.807, 2.05) is 0 Å². The van der Waals surface area contributed by atoms with Gasteiger partial charge in [-0.15, -0.1) is 0 Å². The predicted octanol–water partition coefficient (Wildman–Crippen LogP) is 2.22. The van der Waals surface area contributed by atoms with Gasteiger partial charge in [-0.1, -0.05) is 25.1 Å². The maximum Gasteiger partial charge on any atom is 0.326 e. The van der Waals surface area contributed by atoms with Crippen molar-refractivity contribution in [2.24, 2.45) is 0 Å². The number of benzene rings is 1. The van der Waals surface area contributed by atoms with E-state index >= 15 is 0 Å². The van der Waals surface area contributed by atoms with Crippen LogP contribution in [0.15, 0.2) is 24.3 Å². The number of halogens is 2. The molecule has 1 aromatic rings. The third kappa shape index (κ3) is 3.26. The van der Waals surface area contributed by atoms with E-state index < -0.39 is 29.9 Å². The van der Waals surface area contributed by atoms with E-state index in [4.69, 9.17) is 5.11 Å². The molecule has 0 aliphatic rings. The number of rotatable bonds is 5. The molecule has 0 bridgehead atoms. The second kappa shape index (κ2) is 6.09. The summed E-state index contributed by atoms with van der Waals surface area (Å²) in [5.74, 6) is -2.00. The van der Waals surface area contributed by atoms with Crippen LogP contribution in [0.1, 0.15) is 35.7 Å². The van der Waals surface area contributed by atoms with Gasteiger partial charge in [-0.3, -0.25) is 4.79 Å². The number of hydrogen-bond acceptors (Lipinski definition) is 2. The molecular formula is C12H13F2NO3. The molecule has 0 heterocycles. The maximum absolute atomic E-state index is 12.7. The Labute approximate surface area is 103 Å². The van der Waals surface area contributed by atoms with E-state index in [0.29, 0.717) is 0 Å². The van der Waals surface area contributed by atoms with Crippen molar-refractivity contribution in [3.8, 4) is 0 Å². The van der Waals surface area contributed by atoms with Crippen molar-refractivity contribution in [3.05, 3.63) is 35.4 Å². The molecule has 4 nitrogen and oxygen atoms in total. The molecule has 1 rings (SSSR count). The standard InChI is InChI=1S/C12H13F2NO3/c1-2-9(12(17)18)15-11(16)8-6-4-3-5-7(8)10(13)14/h3-6,9-10H,2H2,1H3,(H,15,16)(H,17,18). The number of carboxylic acid groups (broad SMARTS) is 1. The van der Waals surface area contributed by atoms with Crippen LogP contribution in [-0.2, 0) is 4.79 Å². The number of carbonyl (C=O) groups excluding carboxylic acids is 1. The molecule has 6 heteroatoms. The molecule has 0 fully saturated rings. The maximum atomic E-state index is 12.7. The first-order valence-corrected chi connectivity index (χ1v) is 5.38. The molecule has 18 heavy (non-hydrogen) atoms. The Morgan fingerprint density at radius 1 is 1.33 bits per heavy atom. The fourth-order valence-electron chi connectivity index (χ4n) is 1.47. The molecular weight excluding hydrogens is 244 g/mol. The lowest BCUT2D eigenvalue weighted by Crippen LogP contribution is -2.40. The zero-order chi connectivity index (χ0) is 13.7. The van der Waals surface area contributed by atoms with Gasteiger partial charge in [0.15, 0.2) is 0 Å². The van der Waals surface area contributed by atoms with E-state index in [-0.39, 0.29) is 12.0 Å². The molecule has 0 saturated carbocycles. The van der Waals surface area contributed by atoms with Crippen molar-refractivity contribution < 1.29 is 23.5 Å². The zero-order valence-electron chi connectivity index (χ0n) is 9.69. The molecule has 1 atom stereocenters. The molecule has 0 saturated heterocycles. The van der Waals surface area contributed by atoms with Gasteiger partial charge in [0.1, 0.15) is 6.04 Å². The Morgan fingerprint density at radius 3 is 2.44 bits per heavy atom. The zero-order valence-corrected chi connectivity index (χ0v) is 9.69. The lowest BCUT2D eigenvalue weighted by molar-refractivity contribution is -0.139. The molecule has 1 amide bonds. The number of carbonyl (C=O) groups is 2. The second-order valence-corrected chi connectivity index (χ2v) is 3.66. The fourth-order valence-corrected chi connectivity index (χ4v) is 1.47. The van der Waals surface area contributed by atoms with Crippen molar-refractivity contribution in [3.63, 3.8) is 0 Å². The molecule has 0 aliphatic carbocycles. The van der Waals surface area contributed by atoms with Crippen LogP contribution in [0.3, 0.4) is 0 Å². The van der Waals surface area contributed by atoms with Gasteiger partial charge in [0.05, 0.1) is 0 Å². The second-order valence-electron chi connectivity index (χ2n) is 3.66. The minimum atomic E-state index is -2.78. The highest BCUT2D eigenvalue weighted by Crippen LogP contribution is 2.22. The van der Waals surface area contributed by atoms with Gasteiger partial charge >= 0.3 is 5.97 Å². The Bertz CT molecular complexity index is 449. The first-order chi connectivity index (χ1) is 8.47. The summed E-state index contributed by atoms with van der Waals surface area (Å²) >= 11 is 0. The monoisotopic (exact) mass is 257 g/mol. The minimum Gasteiger partial charge on any atom is -0.480 e. The number of amides is 1. The SMILES string of the molecule is CCC(NC(=O)c1ccccc1C(F)F)C(=O)O. The van der Waals surface area contributed by atoms with Crippen molar-refractivity contribution in [2.75, 3.05) is 0 Å². The lowest BCUT2D eigenvalue weighted by atomic mass is 10.1. The molecule has 1 unspecified atom stereocenters. The summed E-state index contributed by atoms with van der Waals surface area (Å²) in [5, 5.41) is 11.0. The number of carboxylic acids is 1. The van der Waals surface area contributed by atoms with Gasteiger partial charge in [-0.05, 0) is 12.5 Å². The van der Waals surface area contributed by atoms with Crippen LogP contribution in [0.25, 0.3) is 0 Å². The summed E-state index contributed by atoms with van der Waals surface area (Å²) in [4.78, 5) is 22.5. The number of hydrogen-bond donors (Lipinski definition) is 2. The Hall–Kier alpha value is -1.98. The van der Waals surface area contributed by atoms with Crippen LogP contribution >= 0.6 is 0 Å². The number of alkyl halides is 2. The van der Waals surface area contributed by atoms with Gasteiger partial charge in [0.2, 0.25) is 0 Å². The summed E-state index contributed by atoms with van der Waals surface area (Å²) in [6.45, 7) is 1.58. The number of aliphatic carboxylic acids is 1. The summed E-state index contributed by atoms with van der Waals surface area (Å²) in [6, 6.07) is 4.14. The summed E-state index contributed by atoms with van der Waals surface area (Å²) in [6.07, 6.45) is -2.60. The van der Waals surface area contributed by atoms with Gasteiger partial charge in [0, 0.05) is 11.1 Å². The summed E-state index contributed by atoms with van der Waals surface area (Å²) < 4.78 is 25.3. The van der Waals surface area contributed by atoms with Crippen LogP contribution in [0.5, 0.6) is 0 Å². The summed E-state index contributed by atoms with van der Waals surface area (Å²) in [7, 11) is 0. The van der Waals surface area contributed by atoms with Crippen molar-refractivity contribution in [1.82, 2.24) is 5.32 Å². The third-order valence-electron chi connectivity index (χ3n) is 2.45. The smallest absolute Gasteiger partial charge is 0.326 e. The molecule has 98 valence electrons. The van der Waals surface area contributed by atoms with Gasteiger partial charge in [0.25, 0.3) is 12.3 Å². The van der Waals surface area contributed by atoms with E-state index in [1.54, 1.807) is 6.92 Å². The highest BCUT2D eigenvalue weighted by molar-refractivity contribution is 5.97. The molecule has 0 aliphatic heterocycles. The average molecular weight is 257 g/mol. The molecule has 0 spiro atoms. The van der Waals surface area contributed by atoms with Gasteiger partial charge in [-0.25, -0.2) is 13.6 Å². The Kier molecular flexibility index (Phi) is 4.76. The third-order valence-corrected chi connectivity index (χ3v) is 2.45. The minimum absolute atomic E-state index is 0.178. The van der Waals surface area contributed by atoms with E-state index in [0.717, 1.165) is 6.07 Å². The van der Waals surface area contributed by atoms with Crippen LogP contribution < -0.4 is 5.32 Å². The normalized spacial score (nSPS) is 12.2. The quantitative estimate of drug-likeness (QED) is 0.849. The van der Waals surface area contributed by atoms with Crippen LogP contribution in [0, 0.1) is 0 Å². The van der Waals surface area contributed by atoms with Crippen molar-refractivity contribution in [2.45, 2.75) is 25.8 Å². The molecule has 1 aromatic carbocycles. The highest BCUT2D eigenvalue weighted by atomic mass is 19.3. The van der Waals surface area contributed by atoms with E-state index in [1.165, 1.54) is 18.2 Å². The fraction of sp³-hybridized carbons (Fsp3) is 0.333. The molecule has 0 aromatic heterocycles. The predicted molar refractivity (Wildman–Crippen MR) is 60.6 cm³/mol. The highest BCUT2D eigenvalue weighted by Gasteiger charge is 2.22. The Balaban J connectivity index is 2.94. The largest absolute Gasteiger partial charge is 0.480 e. The topological polar surface area (TPSA) is 66.4 Å². The Morgan fingerprint density at radius 2 is 1.94 bits per heavy atom. The lowest BCUT2D eigenvalue weighted by Gasteiger charge is -2.14. The van der Waals surface area contributed by atoms with Crippen LogP contribution in [0.4, 0.5) is 8.78 Å².